The molecule has 1 aromatic heterocycles. The van der Waals surface area contributed by atoms with E-state index in [1.807, 2.05) is 19.9 Å². The number of hydrogen-bond donors (Lipinski definition) is 1. The fourth-order valence-electron chi connectivity index (χ4n) is 0.936. The van der Waals surface area contributed by atoms with Gasteiger partial charge in [-0.3, -0.25) is 9.78 Å². The van der Waals surface area contributed by atoms with Crippen molar-refractivity contribution in [3.05, 3.63) is 29.1 Å². The number of rotatable bonds is 2. The first-order valence-corrected chi connectivity index (χ1v) is 3.74. The van der Waals surface area contributed by atoms with Crippen LogP contribution >= 0.6 is 0 Å². The van der Waals surface area contributed by atoms with Crippen molar-refractivity contribution < 1.29 is 9.90 Å². The molecule has 1 rings (SSSR count). The van der Waals surface area contributed by atoms with Gasteiger partial charge in [-0.15, -0.1) is 0 Å². The van der Waals surface area contributed by atoms with Crippen LogP contribution in [-0.4, -0.2) is 16.1 Å². The van der Waals surface area contributed by atoms with E-state index in [0.717, 1.165) is 11.3 Å². The summed E-state index contributed by atoms with van der Waals surface area (Å²) in [6.45, 7) is 3.83. The van der Waals surface area contributed by atoms with Gasteiger partial charge in [-0.25, -0.2) is 0 Å². The van der Waals surface area contributed by atoms with Crippen LogP contribution in [0.25, 0.3) is 0 Å². The Labute approximate surface area is 71.1 Å². The Morgan fingerprint density at radius 3 is 2.67 bits per heavy atom. The first kappa shape index (κ1) is 8.71. The van der Waals surface area contributed by atoms with Gasteiger partial charge in [0.25, 0.3) is 0 Å². The van der Waals surface area contributed by atoms with Gasteiger partial charge < -0.3 is 5.11 Å². The lowest BCUT2D eigenvalue weighted by Crippen LogP contribution is -2.03. The molecule has 1 heterocycles. The summed E-state index contributed by atoms with van der Waals surface area (Å²) < 4.78 is 0. The normalized spacial score (nSPS) is 9.83. The van der Waals surface area contributed by atoms with E-state index in [0.29, 0.717) is 5.69 Å². The van der Waals surface area contributed by atoms with Crippen LogP contribution in [0.5, 0.6) is 0 Å². The van der Waals surface area contributed by atoms with Crippen LogP contribution in [0.15, 0.2) is 12.1 Å². The van der Waals surface area contributed by atoms with Gasteiger partial charge in [-0.2, -0.15) is 0 Å². The molecule has 0 atom stereocenters. The highest BCUT2D eigenvalue weighted by atomic mass is 16.4. The van der Waals surface area contributed by atoms with Crippen molar-refractivity contribution >= 4 is 5.97 Å². The van der Waals surface area contributed by atoms with Crippen molar-refractivity contribution in [3.63, 3.8) is 0 Å². The molecule has 12 heavy (non-hydrogen) atoms. The Hall–Kier alpha value is -1.38. The Kier molecular flexibility index (Phi) is 2.43. The molecule has 0 spiro atoms. The van der Waals surface area contributed by atoms with Crippen molar-refractivity contribution in [3.8, 4) is 0 Å². The maximum atomic E-state index is 10.3. The summed E-state index contributed by atoms with van der Waals surface area (Å²) in [5, 5.41) is 8.49. The minimum Gasteiger partial charge on any atom is -0.481 e. The Morgan fingerprint density at radius 2 is 2.17 bits per heavy atom. The summed E-state index contributed by atoms with van der Waals surface area (Å²) in [6, 6.07) is 3.64. The fourth-order valence-corrected chi connectivity index (χ4v) is 0.936. The van der Waals surface area contributed by atoms with Crippen molar-refractivity contribution in [2.24, 2.45) is 0 Å². The Morgan fingerprint density at radius 1 is 1.50 bits per heavy atom. The van der Waals surface area contributed by atoms with Crippen LogP contribution in [0.1, 0.15) is 17.0 Å². The van der Waals surface area contributed by atoms with Crippen LogP contribution in [0.2, 0.25) is 0 Å². The minimum absolute atomic E-state index is 0.00111. The molecule has 3 nitrogen and oxygen atoms in total. The highest BCUT2D eigenvalue weighted by Gasteiger charge is 2.02. The summed E-state index contributed by atoms with van der Waals surface area (Å²) in [7, 11) is 0. The van der Waals surface area contributed by atoms with Gasteiger partial charge in [0, 0.05) is 5.69 Å². The number of pyridine rings is 1. The highest BCUT2D eigenvalue weighted by molar-refractivity contribution is 5.69. The zero-order valence-electron chi connectivity index (χ0n) is 7.16. The van der Waals surface area contributed by atoms with Crippen molar-refractivity contribution in [2.45, 2.75) is 20.3 Å². The predicted molar refractivity (Wildman–Crippen MR) is 45.1 cm³/mol. The first-order chi connectivity index (χ1) is 5.59. The molecule has 1 aromatic rings. The number of aromatic nitrogens is 1. The molecule has 0 aliphatic heterocycles. The average Bonchev–Trinajstić information content (AvgIpc) is 1.96. The van der Waals surface area contributed by atoms with Gasteiger partial charge in [0.15, 0.2) is 0 Å². The van der Waals surface area contributed by atoms with Crippen LogP contribution < -0.4 is 0 Å². The molecule has 0 amide bonds. The lowest BCUT2D eigenvalue weighted by molar-refractivity contribution is -0.136. The van der Waals surface area contributed by atoms with Crippen LogP contribution in [0.3, 0.4) is 0 Å². The van der Waals surface area contributed by atoms with Gasteiger partial charge in [-0.05, 0) is 25.5 Å². The molecule has 0 saturated carbocycles. The fraction of sp³-hybridized carbons (Fsp3) is 0.333. The number of aliphatic carboxylic acids is 1. The van der Waals surface area contributed by atoms with Crippen LogP contribution in [-0.2, 0) is 11.2 Å². The summed E-state index contributed by atoms with van der Waals surface area (Å²) in [5.74, 6) is -0.842. The number of nitrogens with zero attached hydrogens (tertiary/aromatic N) is 1. The monoisotopic (exact) mass is 165 g/mol. The quantitative estimate of drug-likeness (QED) is 0.719. The van der Waals surface area contributed by atoms with E-state index in [2.05, 4.69) is 4.98 Å². The lowest BCUT2D eigenvalue weighted by Gasteiger charge is -2.00. The van der Waals surface area contributed by atoms with Crippen LogP contribution in [0, 0.1) is 13.8 Å². The zero-order valence-corrected chi connectivity index (χ0v) is 7.16. The lowest BCUT2D eigenvalue weighted by atomic mass is 10.2. The van der Waals surface area contributed by atoms with E-state index < -0.39 is 5.97 Å². The zero-order chi connectivity index (χ0) is 9.14. The molecular weight excluding hydrogens is 154 g/mol. The SMILES string of the molecule is Cc1ccc(CC(=O)O)nc1C. The predicted octanol–water partition coefficient (Wildman–Crippen LogP) is 1.33. The maximum Gasteiger partial charge on any atom is 0.309 e. The largest absolute Gasteiger partial charge is 0.481 e. The standard InChI is InChI=1S/C9H11NO2/c1-6-3-4-8(5-9(11)12)10-7(6)2/h3-4H,5H2,1-2H3,(H,11,12). The topological polar surface area (TPSA) is 50.2 Å². The van der Waals surface area contributed by atoms with Crippen molar-refractivity contribution in [2.75, 3.05) is 0 Å². The molecule has 0 fully saturated rings. The van der Waals surface area contributed by atoms with E-state index in [-0.39, 0.29) is 6.42 Å². The average molecular weight is 165 g/mol. The molecule has 0 bridgehead atoms. The maximum absolute atomic E-state index is 10.3. The molecule has 0 radical (unpaired) electrons. The second-order valence-corrected chi connectivity index (χ2v) is 2.78. The number of carboxylic acid groups (broad SMARTS) is 1. The Bertz CT molecular complexity index is 307. The van der Waals surface area contributed by atoms with Crippen LogP contribution in [0.4, 0.5) is 0 Å². The number of hydrogen-bond acceptors (Lipinski definition) is 2. The van der Waals surface area contributed by atoms with E-state index in [1.165, 1.54) is 0 Å². The summed E-state index contributed by atoms with van der Waals surface area (Å²) >= 11 is 0. The molecule has 1 N–H and O–H groups in total. The molecule has 0 aliphatic carbocycles. The van der Waals surface area contributed by atoms with Gasteiger partial charge in [0.2, 0.25) is 0 Å². The van der Waals surface area contributed by atoms with E-state index in [1.54, 1.807) is 6.07 Å². The number of aryl methyl sites for hydroxylation is 2. The van der Waals surface area contributed by atoms with Gasteiger partial charge in [-0.1, -0.05) is 6.07 Å². The second kappa shape index (κ2) is 3.34. The number of carbonyl (C=O) groups is 1. The van der Waals surface area contributed by atoms with Gasteiger partial charge >= 0.3 is 5.97 Å². The molecule has 0 aliphatic rings. The number of carboxylic acids is 1. The molecule has 0 aromatic carbocycles. The Balaban J connectivity index is 2.89. The van der Waals surface area contributed by atoms with Gasteiger partial charge in [0.1, 0.15) is 0 Å². The third kappa shape index (κ3) is 2.05. The van der Waals surface area contributed by atoms with Gasteiger partial charge in [0.05, 0.1) is 12.1 Å². The molecule has 3 heteroatoms. The van der Waals surface area contributed by atoms with E-state index in [9.17, 15) is 4.79 Å². The summed E-state index contributed by atoms with van der Waals surface area (Å²) in [6.07, 6.45) is 0.00111. The van der Waals surface area contributed by atoms with E-state index in [4.69, 9.17) is 5.11 Å². The van der Waals surface area contributed by atoms with Crippen molar-refractivity contribution in [1.82, 2.24) is 4.98 Å². The summed E-state index contributed by atoms with van der Waals surface area (Å²) in [5.41, 5.74) is 2.60. The van der Waals surface area contributed by atoms with Crippen molar-refractivity contribution in [1.29, 1.82) is 0 Å². The molecule has 64 valence electrons. The third-order valence-corrected chi connectivity index (χ3v) is 1.74. The van der Waals surface area contributed by atoms with E-state index >= 15 is 0 Å². The highest BCUT2D eigenvalue weighted by Crippen LogP contribution is 2.05. The second-order valence-electron chi connectivity index (χ2n) is 2.78. The molecule has 0 saturated heterocycles. The third-order valence-electron chi connectivity index (χ3n) is 1.74. The molecule has 0 unspecified atom stereocenters. The smallest absolute Gasteiger partial charge is 0.309 e. The molecular formula is C9H11NO2. The minimum atomic E-state index is -0.842. The first-order valence-electron chi connectivity index (χ1n) is 3.74. The summed E-state index contributed by atoms with van der Waals surface area (Å²) in [4.78, 5) is 14.5.